The zero-order chi connectivity index (χ0) is 9.14. The van der Waals surface area contributed by atoms with Crippen molar-refractivity contribution in [2.45, 2.75) is 13.3 Å². The lowest BCUT2D eigenvalue weighted by molar-refractivity contribution is -0.126. The molecular weight excluding hydrogens is 186 g/mol. The van der Waals surface area contributed by atoms with Gasteiger partial charge < -0.3 is 0 Å². The van der Waals surface area contributed by atoms with Crippen LogP contribution in [0.2, 0.25) is 0 Å². The maximum absolute atomic E-state index is 11.7. The van der Waals surface area contributed by atoms with Crippen molar-refractivity contribution in [2.75, 3.05) is 5.32 Å². The van der Waals surface area contributed by atoms with Gasteiger partial charge in [-0.25, -0.2) is 4.98 Å². The van der Waals surface area contributed by atoms with Gasteiger partial charge in [0.25, 0.3) is 5.91 Å². The van der Waals surface area contributed by atoms with Crippen LogP contribution in [0.4, 0.5) is 13.9 Å². The molecule has 0 unspecified atom stereocenters. The average molecular weight is 192 g/mol. The molecule has 0 bridgehead atoms. The zero-order valence-corrected chi connectivity index (χ0v) is 6.99. The van der Waals surface area contributed by atoms with Gasteiger partial charge in [0.05, 0.1) is 5.69 Å². The van der Waals surface area contributed by atoms with E-state index in [4.69, 9.17) is 0 Å². The number of alkyl halides is 2. The molecule has 1 aromatic heterocycles. The molecule has 0 fully saturated rings. The molecule has 0 aliphatic heterocycles. The van der Waals surface area contributed by atoms with Crippen molar-refractivity contribution in [3.63, 3.8) is 0 Å². The molecule has 0 radical (unpaired) electrons. The van der Waals surface area contributed by atoms with Crippen molar-refractivity contribution in [2.24, 2.45) is 0 Å². The summed E-state index contributed by atoms with van der Waals surface area (Å²) in [5.74, 6) is -1.32. The van der Waals surface area contributed by atoms with Gasteiger partial charge in [-0.2, -0.15) is 8.78 Å². The van der Waals surface area contributed by atoms with Crippen LogP contribution in [0.15, 0.2) is 5.38 Å². The number of amides is 1. The summed E-state index contributed by atoms with van der Waals surface area (Å²) in [7, 11) is 0. The molecule has 6 heteroatoms. The summed E-state index contributed by atoms with van der Waals surface area (Å²) in [6.07, 6.45) is -2.99. The van der Waals surface area contributed by atoms with E-state index in [1.54, 1.807) is 12.3 Å². The van der Waals surface area contributed by atoms with Crippen LogP contribution in [0.25, 0.3) is 0 Å². The lowest BCUT2D eigenvalue weighted by Gasteiger charge is -1.97. The van der Waals surface area contributed by atoms with Crippen molar-refractivity contribution >= 4 is 22.4 Å². The molecule has 0 aromatic carbocycles. The van der Waals surface area contributed by atoms with Gasteiger partial charge >= 0.3 is 6.43 Å². The van der Waals surface area contributed by atoms with E-state index >= 15 is 0 Å². The van der Waals surface area contributed by atoms with E-state index in [1.807, 2.05) is 5.32 Å². The summed E-state index contributed by atoms with van der Waals surface area (Å²) in [5, 5.41) is 3.85. The van der Waals surface area contributed by atoms with Crippen molar-refractivity contribution in [1.29, 1.82) is 0 Å². The Labute approximate surface area is 71.4 Å². The third kappa shape index (κ3) is 2.23. The van der Waals surface area contributed by atoms with E-state index in [0.29, 0.717) is 5.69 Å². The number of rotatable bonds is 2. The first-order valence-electron chi connectivity index (χ1n) is 3.10. The highest BCUT2D eigenvalue weighted by molar-refractivity contribution is 7.13. The van der Waals surface area contributed by atoms with Crippen LogP contribution in [0.3, 0.4) is 0 Å². The van der Waals surface area contributed by atoms with E-state index in [0.717, 1.165) is 11.3 Å². The molecule has 12 heavy (non-hydrogen) atoms. The minimum atomic E-state index is -2.99. The minimum absolute atomic E-state index is 0.206. The van der Waals surface area contributed by atoms with Crippen LogP contribution in [0, 0.1) is 6.92 Å². The molecule has 1 rings (SSSR count). The smallest absolute Gasteiger partial charge is 0.297 e. The number of hydrogen-bond donors (Lipinski definition) is 1. The Hall–Kier alpha value is -1.04. The summed E-state index contributed by atoms with van der Waals surface area (Å²) in [5.41, 5.74) is 0.699. The monoisotopic (exact) mass is 192 g/mol. The number of carbonyl (C=O) groups is 1. The molecule has 3 nitrogen and oxygen atoms in total. The first-order chi connectivity index (χ1) is 5.59. The van der Waals surface area contributed by atoms with Crippen LogP contribution in [-0.4, -0.2) is 17.3 Å². The van der Waals surface area contributed by atoms with Crippen LogP contribution in [0.1, 0.15) is 5.69 Å². The van der Waals surface area contributed by atoms with E-state index in [9.17, 15) is 13.6 Å². The quantitative estimate of drug-likeness (QED) is 0.774. The molecule has 1 amide bonds. The summed E-state index contributed by atoms with van der Waals surface area (Å²) in [4.78, 5) is 14.2. The Balaban J connectivity index is 2.58. The number of anilines is 1. The topological polar surface area (TPSA) is 42.0 Å². The minimum Gasteiger partial charge on any atom is -0.297 e. The van der Waals surface area contributed by atoms with E-state index < -0.39 is 12.3 Å². The molecule has 0 atom stereocenters. The van der Waals surface area contributed by atoms with Gasteiger partial charge in [0.15, 0.2) is 5.13 Å². The number of carbonyl (C=O) groups excluding carboxylic acids is 1. The molecule has 1 heterocycles. The standard InChI is InChI=1S/C6H6F2N2OS/c1-3-2-12-6(9-3)10-5(11)4(7)8/h2,4H,1H3,(H,9,10,11). The van der Waals surface area contributed by atoms with Crippen molar-refractivity contribution < 1.29 is 13.6 Å². The Morgan fingerprint density at radius 2 is 2.42 bits per heavy atom. The fourth-order valence-corrected chi connectivity index (χ4v) is 1.26. The Kier molecular flexibility index (Phi) is 2.69. The number of aryl methyl sites for hydroxylation is 1. The van der Waals surface area contributed by atoms with Crippen LogP contribution in [0.5, 0.6) is 0 Å². The first-order valence-corrected chi connectivity index (χ1v) is 3.98. The lowest BCUT2D eigenvalue weighted by Crippen LogP contribution is -2.19. The molecule has 1 N–H and O–H groups in total. The molecule has 0 spiro atoms. The molecule has 0 aliphatic carbocycles. The maximum atomic E-state index is 11.7. The summed E-state index contributed by atoms with van der Waals surface area (Å²) >= 11 is 1.12. The van der Waals surface area contributed by atoms with Crippen molar-refractivity contribution in [1.82, 2.24) is 4.98 Å². The summed E-state index contributed by atoms with van der Waals surface area (Å²) in [6.45, 7) is 1.72. The molecule has 66 valence electrons. The molecule has 1 aromatic rings. The number of thiazole rings is 1. The summed E-state index contributed by atoms with van der Waals surface area (Å²) in [6, 6.07) is 0. The van der Waals surface area contributed by atoms with Gasteiger partial charge in [-0.05, 0) is 6.92 Å². The van der Waals surface area contributed by atoms with E-state index in [-0.39, 0.29) is 5.13 Å². The second kappa shape index (κ2) is 3.57. The SMILES string of the molecule is Cc1csc(NC(=O)C(F)F)n1. The van der Waals surface area contributed by atoms with E-state index in [2.05, 4.69) is 4.98 Å². The third-order valence-corrected chi connectivity index (χ3v) is 1.92. The average Bonchev–Trinajstić information content (AvgIpc) is 2.35. The number of nitrogens with one attached hydrogen (secondary N) is 1. The molecule has 0 saturated carbocycles. The van der Waals surface area contributed by atoms with Crippen molar-refractivity contribution in [3.05, 3.63) is 11.1 Å². The summed E-state index contributed by atoms with van der Waals surface area (Å²) < 4.78 is 23.4. The van der Waals surface area contributed by atoms with Crippen molar-refractivity contribution in [3.8, 4) is 0 Å². The van der Waals surface area contributed by atoms with Crippen LogP contribution >= 0.6 is 11.3 Å². The van der Waals surface area contributed by atoms with E-state index in [1.165, 1.54) is 0 Å². The second-order valence-corrected chi connectivity index (χ2v) is 2.94. The van der Waals surface area contributed by atoms with Crippen LogP contribution < -0.4 is 5.32 Å². The fourth-order valence-electron chi connectivity index (χ4n) is 0.571. The van der Waals surface area contributed by atoms with Gasteiger partial charge in [-0.3, -0.25) is 10.1 Å². The highest BCUT2D eigenvalue weighted by atomic mass is 32.1. The predicted octanol–water partition coefficient (Wildman–Crippen LogP) is 1.66. The molecule has 0 aliphatic rings. The molecular formula is C6H6F2N2OS. The number of nitrogens with zero attached hydrogens (tertiary/aromatic N) is 1. The second-order valence-electron chi connectivity index (χ2n) is 2.08. The third-order valence-electron chi connectivity index (χ3n) is 1.05. The van der Waals surface area contributed by atoms with Gasteiger partial charge in [-0.1, -0.05) is 0 Å². The fraction of sp³-hybridized carbons (Fsp3) is 0.333. The molecule has 0 saturated heterocycles. The first kappa shape index (κ1) is 9.05. The normalized spacial score (nSPS) is 10.3. The van der Waals surface area contributed by atoms with Gasteiger partial charge in [0.1, 0.15) is 0 Å². The Bertz CT molecular complexity index is 287. The van der Waals surface area contributed by atoms with Gasteiger partial charge in [0, 0.05) is 5.38 Å². The Morgan fingerprint density at radius 3 is 2.83 bits per heavy atom. The number of aromatic nitrogens is 1. The number of halogens is 2. The number of hydrogen-bond acceptors (Lipinski definition) is 3. The predicted molar refractivity (Wildman–Crippen MR) is 41.5 cm³/mol. The Morgan fingerprint density at radius 1 is 1.75 bits per heavy atom. The largest absolute Gasteiger partial charge is 0.315 e. The van der Waals surface area contributed by atoms with Gasteiger partial charge in [-0.15, -0.1) is 11.3 Å². The zero-order valence-electron chi connectivity index (χ0n) is 6.17. The lowest BCUT2D eigenvalue weighted by atomic mass is 10.6. The highest BCUT2D eigenvalue weighted by Crippen LogP contribution is 2.14. The maximum Gasteiger partial charge on any atom is 0.315 e. The van der Waals surface area contributed by atoms with Gasteiger partial charge in [0.2, 0.25) is 0 Å². The highest BCUT2D eigenvalue weighted by Gasteiger charge is 2.15. The van der Waals surface area contributed by atoms with Crippen LogP contribution in [-0.2, 0) is 4.79 Å².